The number of amides is 2. The highest BCUT2D eigenvalue weighted by molar-refractivity contribution is 6.21. The fourth-order valence-electron chi connectivity index (χ4n) is 5.22. The van der Waals surface area contributed by atoms with Gasteiger partial charge < -0.3 is 10.2 Å². The topological polar surface area (TPSA) is 83.9 Å². The highest BCUT2D eigenvalue weighted by Crippen LogP contribution is 2.32. The van der Waals surface area contributed by atoms with Crippen LogP contribution in [0.25, 0.3) is 43.9 Å². The summed E-state index contributed by atoms with van der Waals surface area (Å²) in [6.45, 7) is 1.46. The summed E-state index contributed by atoms with van der Waals surface area (Å²) in [6, 6.07) is 23.8. The normalized spacial score (nSPS) is 15.8. The van der Waals surface area contributed by atoms with Crippen molar-refractivity contribution in [1.82, 2.24) is 24.8 Å². The molecule has 7 heteroatoms. The van der Waals surface area contributed by atoms with E-state index in [1.54, 1.807) is 12.4 Å². The van der Waals surface area contributed by atoms with E-state index in [0.717, 1.165) is 56.8 Å². The number of urea groups is 1. The monoisotopic (exact) mass is 470 g/mol. The molecule has 1 atom stereocenters. The molecule has 7 rings (SSSR count). The maximum Gasteiger partial charge on any atom is 0.321 e. The maximum absolute atomic E-state index is 13.0. The van der Waals surface area contributed by atoms with Gasteiger partial charge in [0.25, 0.3) is 0 Å². The average Bonchev–Trinajstić information content (AvgIpc) is 3.44. The molecule has 4 heterocycles. The molecule has 0 aliphatic carbocycles. The number of hydrogen-bond donors (Lipinski definition) is 1. The number of rotatable bonds is 2. The van der Waals surface area contributed by atoms with E-state index in [1.807, 2.05) is 53.4 Å². The summed E-state index contributed by atoms with van der Waals surface area (Å²) in [4.78, 5) is 34.0. The highest BCUT2D eigenvalue weighted by Gasteiger charge is 2.27. The Kier molecular flexibility index (Phi) is 4.73. The second-order valence-corrected chi connectivity index (χ2v) is 9.20. The molecule has 1 aliphatic heterocycles. The Balaban J connectivity index is 1.24. The molecule has 0 saturated carbocycles. The molecule has 1 saturated heterocycles. The summed E-state index contributed by atoms with van der Waals surface area (Å²) in [5, 5.41) is 4.89. The molecule has 0 radical (unpaired) electrons. The van der Waals surface area contributed by atoms with E-state index < -0.39 is 0 Å². The summed E-state index contributed by atoms with van der Waals surface area (Å²) >= 11 is 0. The van der Waals surface area contributed by atoms with Crippen molar-refractivity contribution in [3.8, 4) is 0 Å². The summed E-state index contributed by atoms with van der Waals surface area (Å²) in [7, 11) is 0. The fraction of sp³-hybridized carbons (Fsp3) is 0.138. The lowest BCUT2D eigenvalue weighted by Crippen LogP contribution is -2.32. The largest absolute Gasteiger partial charge is 0.324 e. The molecular weight excluding hydrogens is 448 g/mol. The first-order chi connectivity index (χ1) is 17.7. The van der Waals surface area contributed by atoms with Crippen LogP contribution in [0.15, 0.2) is 85.2 Å². The van der Waals surface area contributed by atoms with Crippen LogP contribution in [0.1, 0.15) is 17.9 Å². The zero-order valence-corrected chi connectivity index (χ0v) is 19.4. The van der Waals surface area contributed by atoms with Gasteiger partial charge in [-0.25, -0.2) is 14.8 Å². The number of carbonyl (C=O) groups is 1. The van der Waals surface area contributed by atoms with Crippen LogP contribution < -0.4 is 5.32 Å². The van der Waals surface area contributed by atoms with E-state index in [4.69, 9.17) is 9.97 Å². The minimum Gasteiger partial charge on any atom is -0.324 e. The van der Waals surface area contributed by atoms with Crippen LogP contribution >= 0.6 is 0 Å². The van der Waals surface area contributed by atoms with Gasteiger partial charge in [-0.05, 0) is 54.4 Å². The van der Waals surface area contributed by atoms with Crippen molar-refractivity contribution in [2.24, 2.45) is 0 Å². The molecule has 0 unspecified atom stereocenters. The Labute approximate surface area is 206 Å². The van der Waals surface area contributed by atoms with Gasteiger partial charge in [-0.15, -0.1) is 0 Å². The van der Waals surface area contributed by atoms with Crippen LogP contribution in [0.2, 0.25) is 0 Å². The van der Waals surface area contributed by atoms with Gasteiger partial charge in [0.15, 0.2) is 0 Å². The van der Waals surface area contributed by atoms with Gasteiger partial charge in [0.1, 0.15) is 0 Å². The molecule has 1 fully saturated rings. The molecule has 6 aromatic rings. The first-order valence-corrected chi connectivity index (χ1v) is 12.1. The van der Waals surface area contributed by atoms with E-state index >= 15 is 0 Å². The van der Waals surface area contributed by atoms with Gasteiger partial charge in [-0.3, -0.25) is 9.97 Å². The van der Waals surface area contributed by atoms with E-state index in [2.05, 4.69) is 39.6 Å². The van der Waals surface area contributed by atoms with E-state index in [0.29, 0.717) is 18.2 Å². The molecule has 0 spiro atoms. The van der Waals surface area contributed by atoms with Crippen molar-refractivity contribution in [3.63, 3.8) is 0 Å². The van der Waals surface area contributed by atoms with Crippen LogP contribution in [-0.4, -0.2) is 44.0 Å². The SMILES string of the molecule is O=C(Nc1ccc2nc3c4cccnc4c4ncccc4c3nc2c1)N1CC[C@@H](c2ccccc2)C1. The summed E-state index contributed by atoms with van der Waals surface area (Å²) in [5.74, 6) is 0.372. The van der Waals surface area contributed by atoms with Crippen LogP contribution in [0.5, 0.6) is 0 Å². The van der Waals surface area contributed by atoms with E-state index in [1.165, 1.54) is 5.56 Å². The average molecular weight is 471 g/mol. The molecule has 1 aliphatic rings. The van der Waals surface area contributed by atoms with Crippen LogP contribution in [0.4, 0.5) is 10.5 Å². The molecule has 2 amide bonds. The van der Waals surface area contributed by atoms with Crippen molar-refractivity contribution in [2.45, 2.75) is 12.3 Å². The van der Waals surface area contributed by atoms with Crippen molar-refractivity contribution < 1.29 is 4.79 Å². The minimum atomic E-state index is -0.0896. The predicted molar refractivity (Wildman–Crippen MR) is 142 cm³/mol. The smallest absolute Gasteiger partial charge is 0.321 e. The molecule has 0 bridgehead atoms. The van der Waals surface area contributed by atoms with Gasteiger partial charge in [0.05, 0.1) is 33.1 Å². The minimum absolute atomic E-state index is 0.0896. The number of benzene rings is 3. The summed E-state index contributed by atoms with van der Waals surface area (Å²) in [5.41, 5.74) is 6.67. The first-order valence-electron chi connectivity index (χ1n) is 12.1. The van der Waals surface area contributed by atoms with Gasteiger partial charge >= 0.3 is 6.03 Å². The van der Waals surface area contributed by atoms with Crippen LogP contribution in [0, 0.1) is 0 Å². The number of likely N-dealkylation sites (tertiary alicyclic amines) is 1. The molecule has 7 nitrogen and oxygen atoms in total. The predicted octanol–water partition coefficient (Wildman–Crippen LogP) is 5.90. The summed E-state index contributed by atoms with van der Waals surface area (Å²) < 4.78 is 0. The number of carbonyl (C=O) groups excluding carboxylic acids is 1. The Morgan fingerprint density at radius 3 is 2.19 bits per heavy atom. The Morgan fingerprint density at radius 1 is 0.778 bits per heavy atom. The quantitative estimate of drug-likeness (QED) is 0.252. The Morgan fingerprint density at radius 2 is 1.47 bits per heavy atom. The van der Waals surface area contributed by atoms with Gasteiger partial charge in [-0.2, -0.15) is 0 Å². The molecular formula is C29H22N6O. The molecule has 1 N–H and O–H groups in total. The van der Waals surface area contributed by atoms with Gasteiger partial charge in [0.2, 0.25) is 0 Å². The standard InChI is InChI=1S/C29H22N6O/c36-29(35-15-12-19(17-35)18-6-2-1-3-7-18)32-20-10-11-23-24(16-20)34-28-22-9-5-14-31-26(22)25-21(27(28)33-23)8-4-13-30-25/h1-11,13-14,16,19H,12,15,17H2,(H,32,36)/t19-/m1/s1. The van der Waals surface area contributed by atoms with Crippen LogP contribution in [0.3, 0.4) is 0 Å². The Bertz CT molecular complexity index is 1790. The van der Waals surface area contributed by atoms with Crippen LogP contribution in [-0.2, 0) is 0 Å². The number of nitrogens with zero attached hydrogens (tertiary/aromatic N) is 5. The van der Waals surface area contributed by atoms with Gasteiger partial charge in [0, 0.05) is 47.9 Å². The molecule has 174 valence electrons. The van der Waals surface area contributed by atoms with E-state index in [-0.39, 0.29) is 6.03 Å². The van der Waals surface area contributed by atoms with Crippen molar-refractivity contribution in [2.75, 3.05) is 18.4 Å². The second-order valence-electron chi connectivity index (χ2n) is 9.20. The molecule has 3 aromatic carbocycles. The second kappa shape index (κ2) is 8.23. The fourth-order valence-corrected chi connectivity index (χ4v) is 5.22. The third-order valence-electron chi connectivity index (χ3n) is 7.01. The Hall–Kier alpha value is -4.65. The number of nitrogens with one attached hydrogen (secondary N) is 1. The number of aromatic nitrogens is 4. The third-order valence-corrected chi connectivity index (χ3v) is 7.01. The molecule has 36 heavy (non-hydrogen) atoms. The lowest BCUT2D eigenvalue weighted by atomic mass is 9.99. The number of fused-ring (bicyclic) bond motifs is 7. The highest BCUT2D eigenvalue weighted by atomic mass is 16.2. The lowest BCUT2D eigenvalue weighted by Gasteiger charge is -2.18. The van der Waals surface area contributed by atoms with Crippen molar-refractivity contribution in [1.29, 1.82) is 0 Å². The third kappa shape index (κ3) is 3.40. The van der Waals surface area contributed by atoms with Crippen molar-refractivity contribution >= 4 is 55.6 Å². The van der Waals surface area contributed by atoms with E-state index in [9.17, 15) is 4.79 Å². The molecule has 3 aromatic heterocycles. The zero-order chi connectivity index (χ0) is 24.1. The van der Waals surface area contributed by atoms with Crippen molar-refractivity contribution in [3.05, 3.63) is 90.8 Å². The zero-order valence-electron chi connectivity index (χ0n) is 19.4. The summed E-state index contributed by atoms with van der Waals surface area (Å²) in [6.07, 6.45) is 4.51. The van der Waals surface area contributed by atoms with Gasteiger partial charge in [-0.1, -0.05) is 30.3 Å². The number of hydrogen-bond acceptors (Lipinski definition) is 5. The lowest BCUT2D eigenvalue weighted by molar-refractivity contribution is 0.222. The number of pyridine rings is 2. The maximum atomic E-state index is 13.0. The number of anilines is 1. The first kappa shape index (κ1) is 20.7.